The molecule has 0 radical (unpaired) electrons. The van der Waals surface area contributed by atoms with Crippen LogP contribution in [-0.2, 0) is 15.6 Å². The number of hydrogen-bond donors (Lipinski definition) is 1. The zero-order valence-electron chi connectivity index (χ0n) is 17.8. The van der Waals surface area contributed by atoms with Crippen LogP contribution in [-0.4, -0.2) is 45.5 Å². The monoisotopic (exact) mass is 514 g/mol. The Kier molecular flexibility index (Phi) is 8.81. The van der Waals surface area contributed by atoms with Gasteiger partial charge in [-0.25, -0.2) is 8.70 Å². The van der Waals surface area contributed by atoms with Crippen molar-refractivity contribution in [1.82, 2.24) is 9.62 Å². The molecule has 9 heteroatoms. The van der Waals surface area contributed by atoms with Gasteiger partial charge in [0.05, 0.1) is 0 Å². The first-order valence-electron chi connectivity index (χ1n) is 10.2. The lowest BCUT2D eigenvalue weighted by Gasteiger charge is -2.35. The molecule has 3 rings (SSSR count). The predicted octanol–water partition coefficient (Wildman–Crippen LogP) is 5.87. The van der Waals surface area contributed by atoms with E-state index in [0.717, 1.165) is 16.0 Å². The number of piperidine rings is 1. The second kappa shape index (κ2) is 11.2. The van der Waals surface area contributed by atoms with Crippen molar-refractivity contribution in [2.75, 3.05) is 19.3 Å². The first-order chi connectivity index (χ1) is 15.2. The largest absolute Gasteiger partial charge is 0.347 e. The van der Waals surface area contributed by atoms with E-state index in [9.17, 15) is 9.00 Å². The Morgan fingerprint density at radius 3 is 2.56 bits per heavy atom. The number of carbonyl (C=O) groups is 1. The summed E-state index contributed by atoms with van der Waals surface area (Å²) in [6, 6.07) is 12.8. The molecule has 0 spiro atoms. The topological polar surface area (TPSA) is 49.4 Å². The molecule has 1 aliphatic rings. The molecule has 1 N–H and O–H groups in total. The van der Waals surface area contributed by atoms with Crippen molar-refractivity contribution in [3.05, 3.63) is 64.0 Å². The van der Waals surface area contributed by atoms with Crippen LogP contribution < -0.4 is 5.32 Å². The standard InChI is InChI=1S/C23H25Cl2FN2O2S2/c1-16(9-14-32(2)30)27-22(29)23(26)10-12-28(13-11-23)31-21-8-7-17(24)15-19(21)18-5-3-4-6-20(18)25/h3-9,14-16H,10-13H2,1-2H3,(H,27,29)/b14-9-. The molecule has 2 aromatic carbocycles. The highest BCUT2D eigenvalue weighted by Gasteiger charge is 2.42. The molecule has 1 aliphatic heterocycles. The second-order valence-electron chi connectivity index (χ2n) is 7.70. The molecule has 4 nitrogen and oxygen atoms in total. The van der Waals surface area contributed by atoms with Crippen LogP contribution in [0.4, 0.5) is 4.39 Å². The van der Waals surface area contributed by atoms with Crippen LogP contribution in [0.15, 0.2) is 58.8 Å². The van der Waals surface area contributed by atoms with Gasteiger partial charge < -0.3 is 5.32 Å². The molecule has 0 saturated carbocycles. The van der Waals surface area contributed by atoms with Crippen molar-refractivity contribution in [2.24, 2.45) is 0 Å². The SMILES string of the molecule is CC(/C=C\S(C)=O)NC(=O)C1(F)CCN(Sc2ccc(Cl)cc2-c2ccccc2Cl)CC1. The molecule has 32 heavy (non-hydrogen) atoms. The number of rotatable bonds is 7. The number of hydrogen-bond acceptors (Lipinski definition) is 4. The van der Waals surface area contributed by atoms with E-state index in [2.05, 4.69) is 9.62 Å². The molecule has 172 valence electrons. The van der Waals surface area contributed by atoms with Crippen molar-refractivity contribution >= 4 is 51.9 Å². The van der Waals surface area contributed by atoms with Crippen LogP contribution in [0.25, 0.3) is 11.1 Å². The Morgan fingerprint density at radius 1 is 1.22 bits per heavy atom. The van der Waals surface area contributed by atoms with Gasteiger partial charge in [-0.1, -0.05) is 47.5 Å². The third-order valence-corrected chi connectivity index (χ3v) is 7.45. The van der Waals surface area contributed by atoms with Crippen LogP contribution in [0.1, 0.15) is 19.8 Å². The van der Waals surface area contributed by atoms with Crippen molar-refractivity contribution in [3.8, 4) is 11.1 Å². The van der Waals surface area contributed by atoms with Gasteiger partial charge in [0, 0.05) is 74.9 Å². The quantitative estimate of drug-likeness (QED) is 0.469. The highest BCUT2D eigenvalue weighted by molar-refractivity contribution is 7.97. The average molecular weight is 516 g/mol. The van der Waals surface area contributed by atoms with Gasteiger partial charge in [-0.15, -0.1) is 0 Å². The molecule has 1 saturated heterocycles. The van der Waals surface area contributed by atoms with Crippen molar-refractivity contribution in [2.45, 2.75) is 36.4 Å². The van der Waals surface area contributed by atoms with Crippen LogP contribution in [0, 0.1) is 0 Å². The van der Waals surface area contributed by atoms with Gasteiger partial charge in [-0.3, -0.25) is 9.00 Å². The van der Waals surface area contributed by atoms with E-state index in [0.29, 0.717) is 23.1 Å². The summed E-state index contributed by atoms with van der Waals surface area (Å²) in [5.41, 5.74) is -0.127. The number of benzene rings is 2. The van der Waals surface area contributed by atoms with Crippen LogP contribution in [0.2, 0.25) is 10.0 Å². The minimum atomic E-state index is -1.92. The van der Waals surface area contributed by atoms with Gasteiger partial charge in [-0.2, -0.15) is 0 Å². The Hall–Kier alpha value is -1.38. The third-order valence-electron chi connectivity index (χ3n) is 5.17. The third kappa shape index (κ3) is 6.58. The fourth-order valence-corrected chi connectivity index (χ4v) is 5.29. The number of carbonyl (C=O) groups excluding carboxylic acids is 1. The molecule has 0 bridgehead atoms. The molecule has 2 unspecified atom stereocenters. The number of amides is 1. The lowest BCUT2D eigenvalue weighted by atomic mass is 9.93. The zero-order chi connectivity index (χ0) is 23.3. The van der Waals surface area contributed by atoms with E-state index >= 15 is 4.39 Å². The van der Waals surface area contributed by atoms with Crippen LogP contribution in [0.5, 0.6) is 0 Å². The van der Waals surface area contributed by atoms with Gasteiger partial charge in [0.15, 0.2) is 5.67 Å². The normalized spacial score (nSPS) is 18.4. The van der Waals surface area contributed by atoms with Gasteiger partial charge >= 0.3 is 0 Å². The minimum absolute atomic E-state index is 0.0942. The fourth-order valence-electron chi connectivity index (χ4n) is 3.38. The van der Waals surface area contributed by atoms with Crippen LogP contribution in [0.3, 0.4) is 0 Å². The maximum Gasteiger partial charge on any atom is 0.258 e. The Morgan fingerprint density at radius 2 is 1.91 bits per heavy atom. The summed E-state index contributed by atoms with van der Waals surface area (Å²) < 4.78 is 28.5. The van der Waals surface area contributed by atoms with Gasteiger partial charge in [0.25, 0.3) is 5.91 Å². The number of halogens is 3. The highest BCUT2D eigenvalue weighted by Crippen LogP contribution is 2.40. The lowest BCUT2D eigenvalue weighted by molar-refractivity contribution is -0.135. The number of alkyl halides is 1. The smallest absolute Gasteiger partial charge is 0.258 e. The molecular weight excluding hydrogens is 490 g/mol. The Labute approximate surface area is 205 Å². The fraction of sp³-hybridized carbons (Fsp3) is 0.348. The van der Waals surface area contributed by atoms with Gasteiger partial charge in [-0.05, 0) is 48.7 Å². The highest BCUT2D eigenvalue weighted by atomic mass is 35.5. The van der Waals surface area contributed by atoms with Crippen LogP contribution >= 0.6 is 35.1 Å². The van der Waals surface area contributed by atoms with Gasteiger partial charge in [0.1, 0.15) is 0 Å². The minimum Gasteiger partial charge on any atom is -0.347 e. The van der Waals surface area contributed by atoms with E-state index in [1.807, 2.05) is 42.5 Å². The molecule has 1 fully saturated rings. The molecule has 1 heterocycles. The Balaban J connectivity index is 1.66. The maximum atomic E-state index is 15.3. The summed E-state index contributed by atoms with van der Waals surface area (Å²) in [7, 11) is -1.11. The molecule has 2 atom stereocenters. The summed E-state index contributed by atoms with van der Waals surface area (Å²) in [5.74, 6) is -0.621. The molecule has 0 aliphatic carbocycles. The van der Waals surface area contributed by atoms with Gasteiger partial charge in [0.2, 0.25) is 0 Å². The summed E-state index contributed by atoms with van der Waals surface area (Å²) in [6.45, 7) is 2.57. The van der Waals surface area contributed by atoms with E-state index in [-0.39, 0.29) is 12.8 Å². The first-order valence-corrected chi connectivity index (χ1v) is 13.3. The molecular formula is C23H25Cl2FN2O2S2. The van der Waals surface area contributed by atoms with Crippen molar-refractivity contribution < 1.29 is 13.4 Å². The van der Waals surface area contributed by atoms with E-state index in [4.69, 9.17) is 23.2 Å². The summed E-state index contributed by atoms with van der Waals surface area (Å²) >= 11 is 14.1. The second-order valence-corrected chi connectivity index (χ2v) is 10.9. The number of nitrogens with zero attached hydrogens (tertiary/aromatic N) is 1. The summed E-state index contributed by atoms with van der Waals surface area (Å²) in [4.78, 5) is 13.5. The van der Waals surface area contributed by atoms with E-state index in [1.54, 1.807) is 13.0 Å². The summed E-state index contributed by atoms with van der Waals surface area (Å²) in [5, 5.41) is 5.39. The van der Waals surface area contributed by atoms with E-state index < -0.39 is 28.4 Å². The number of nitrogens with one attached hydrogen (secondary N) is 1. The van der Waals surface area contributed by atoms with Crippen molar-refractivity contribution in [1.29, 1.82) is 0 Å². The lowest BCUT2D eigenvalue weighted by Crippen LogP contribution is -2.51. The molecule has 1 amide bonds. The first kappa shape index (κ1) is 25.2. The molecule has 2 aromatic rings. The van der Waals surface area contributed by atoms with E-state index in [1.165, 1.54) is 23.6 Å². The zero-order valence-corrected chi connectivity index (χ0v) is 21.0. The summed E-state index contributed by atoms with van der Waals surface area (Å²) in [6.07, 6.45) is 3.33. The van der Waals surface area contributed by atoms with Crippen molar-refractivity contribution in [3.63, 3.8) is 0 Å². The predicted molar refractivity (Wildman–Crippen MR) is 133 cm³/mol. The average Bonchev–Trinajstić information content (AvgIpc) is 2.75. The Bertz CT molecular complexity index is 1030. The maximum absolute atomic E-state index is 15.3. The molecule has 0 aromatic heterocycles.